The Balaban J connectivity index is 1.80. The highest BCUT2D eigenvalue weighted by Crippen LogP contribution is 2.30. The maximum atomic E-state index is 10.5. The van der Waals surface area contributed by atoms with Crippen molar-refractivity contribution in [3.8, 4) is 22.6 Å². The van der Waals surface area contributed by atoms with Crippen molar-refractivity contribution in [1.82, 2.24) is 5.16 Å². The Morgan fingerprint density at radius 3 is 2.42 bits per heavy atom. The molecule has 8 heteroatoms. The average Bonchev–Trinajstić information content (AvgIpc) is 3.06. The lowest BCUT2D eigenvalue weighted by molar-refractivity contribution is 0.272. The summed E-state index contributed by atoms with van der Waals surface area (Å²) in [5.41, 5.74) is 3.05. The summed E-state index contributed by atoms with van der Waals surface area (Å²) in [5.74, 6) is 0.594. The zero-order valence-corrected chi connectivity index (χ0v) is 14.6. The summed E-state index contributed by atoms with van der Waals surface area (Å²) >= 11 is 11.9. The van der Waals surface area contributed by atoms with Crippen LogP contribution in [0.5, 0.6) is 0 Å². The first-order valence-corrected chi connectivity index (χ1v) is 8.72. The second kappa shape index (κ2) is 7.43. The van der Waals surface area contributed by atoms with Gasteiger partial charge < -0.3 is 4.52 Å². The van der Waals surface area contributed by atoms with Crippen molar-refractivity contribution in [3.05, 3.63) is 64.1 Å². The Morgan fingerprint density at radius 1 is 1.04 bits per heavy atom. The summed E-state index contributed by atoms with van der Waals surface area (Å²) in [6.07, 6.45) is 0. The number of halogens is 2. The van der Waals surface area contributed by atoms with Gasteiger partial charge >= 0.3 is 8.25 Å². The average molecular weight is 383 g/mol. The van der Waals surface area contributed by atoms with Crippen molar-refractivity contribution in [2.45, 2.75) is 6.61 Å². The van der Waals surface area contributed by atoms with Gasteiger partial charge in [-0.25, -0.2) is 0 Å². The number of benzene rings is 2. The highest BCUT2D eigenvalue weighted by molar-refractivity contribution is 7.32. The maximum absolute atomic E-state index is 10.5. The molecule has 1 N–H and O–H groups in total. The van der Waals surface area contributed by atoms with E-state index >= 15 is 0 Å². The SMILES string of the molecule is O=[P+](O)OCc1ccc(-c2cc(-c3ccc(Cl)c(Cl)c3)no2)cc1. The largest absolute Gasteiger partial charge is 0.695 e. The van der Waals surface area contributed by atoms with E-state index in [9.17, 15) is 4.57 Å². The molecule has 1 aromatic heterocycles. The second-order valence-electron chi connectivity index (χ2n) is 4.91. The van der Waals surface area contributed by atoms with Gasteiger partial charge in [0.2, 0.25) is 0 Å². The van der Waals surface area contributed by atoms with Crippen LogP contribution < -0.4 is 0 Å². The van der Waals surface area contributed by atoms with E-state index in [0.29, 0.717) is 21.5 Å². The zero-order valence-electron chi connectivity index (χ0n) is 12.1. The molecule has 1 unspecified atom stereocenters. The van der Waals surface area contributed by atoms with E-state index in [-0.39, 0.29) is 6.61 Å². The third-order valence-corrected chi connectivity index (χ3v) is 4.39. The summed E-state index contributed by atoms with van der Waals surface area (Å²) in [6.45, 7) is 0.0664. The molecule has 0 amide bonds. The van der Waals surface area contributed by atoms with Crippen LogP contribution in [0.15, 0.2) is 53.1 Å². The summed E-state index contributed by atoms with van der Waals surface area (Å²) < 4.78 is 20.6. The molecule has 0 spiro atoms. The molecule has 1 heterocycles. The molecule has 5 nitrogen and oxygen atoms in total. The van der Waals surface area contributed by atoms with Gasteiger partial charge in [-0.15, -0.1) is 9.42 Å². The quantitative estimate of drug-likeness (QED) is 0.591. The smallest absolute Gasteiger partial charge is 0.356 e. The van der Waals surface area contributed by atoms with Gasteiger partial charge in [-0.2, -0.15) is 0 Å². The Hall–Kier alpha value is -1.75. The van der Waals surface area contributed by atoms with Crippen LogP contribution in [0.4, 0.5) is 0 Å². The zero-order chi connectivity index (χ0) is 17.1. The van der Waals surface area contributed by atoms with Crippen LogP contribution in [0.3, 0.4) is 0 Å². The molecule has 0 radical (unpaired) electrons. The molecule has 1 atom stereocenters. The van der Waals surface area contributed by atoms with Gasteiger partial charge in [0.25, 0.3) is 0 Å². The fourth-order valence-electron chi connectivity index (χ4n) is 2.10. The molecular weight excluding hydrogens is 372 g/mol. The molecular formula is C16H11Cl2NO4P+. The van der Waals surface area contributed by atoms with Crippen LogP contribution in [0.2, 0.25) is 10.0 Å². The number of hydrogen-bond acceptors (Lipinski definition) is 4. The first kappa shape index (κ1) is 17.1. The predicted octanol–water partition coefficient (Wildman–Crippen LogP) is 5.48. The number of aromatic nitrogens is 1. The van der Waals surface area contributed by atoms with E-state index in [1.165, 1.54) is 0 Å². The summed E-state index contributed by atoms with van der Waals surface area (Å²) in [6, 6.07) is 14.3. The molecule has 0 fully saturated rings. The van der Waals surface area contributed by atoms with Gasteiger partial charge in [0.15, 0.2) is 5.76 Å². The maximum Gasteiger partial charge on any atom is 0.695 e. The minimum Gasteiger partial charge on any atom is -0.356 e. The van der Waals surface area contributed by atoms with Crippen LogP contribution in [-0.4, -0.2) is 10.1 Å². The highest BCUT2D eigenvalue weighted by atomic mass is 35.5. The van der Waals surface area contributed by atoms with E-state index in [1.807, 2.05) is 18.2 Å². The number of rotatable bonds is 5. The minimum absolute atomic E-state index is 0.0664. The van der Waals surface area contributed by atoms with E-state index in [0.717, 1.165) is 16.7 Å². The molecule has 0 aliphatic rings. The third-order valence-electron chi connectivity index (χ3n) is 3.31. The van der Waals surface area contributed by atoms with Crippen molar-refractivity contribution in [2.24, 2.45) is 0 Å². The van der Waals surface area contributed by atoms with Crippen LogP contribution >= 0.6 is 31.5 Å². The first-order valence-electron chi connectivity index (χ1n) is 6.83. The fraction of sp³-hybridized carbons (Fsp3) is 0.0625. The summed E-state index contributed by atoms with van der Waals surface area (Å²) in [7, 11) is -2.60. The molecule has 3 rings (SSSR count). The molecule has 24 heavy (non-hydrogen) atoms. The Labute approximate surface area is 148 Å². The Bertz CT molecular complexity index is 880. The van der Waals surface area contributed by atoms with Gasteiger partial charge in [0, 0.05) is 21.8 Å². The van der Waals surface area contributed by atoms with Gasteiger partial charge in [0.05, 0.1) is 10.0 Å². The molecule has 0 aliphatic carbocycles. The van der Waals surface area contributed by atoms with Crippen LogP contribution in [0.25, 0.3) is 22.6 Å². The van der Waals surface area contributed by atoms with Crippen LogP contribution in [0, 0.1) is 0 Å². The molecule has 0 saturated heterocycles. The van der Waals surface area contributed by atoms with Crippen LogP contribution in [-0.2, 0) is 15.7 Å². The molecule has 122 valence electrons. The fourth-order valence-corrected chi connectivity index (χ4v) is 2.66. The third kappa shape index (κ3) is 4.01. The Morgan fingerprint density at radius 2 is 1.75 bits per heavy atom. The summed E-state index contributed by atoms with van der Waals surface area (Å²) in [5, 5.41) is 4.97. The van der Waals surface area contributed by atoms with Crippen molar-refractivity contribution < 1.29 is 18.5 Å². The van der Waals surface area contributed by atoms with Crippen molar-refractivity contribution in [2.75, 3.05) is 0 Å². The number of nitrogens with zero attached hydrogens (tertiary/aromatic N) is 1. The second-order valence-corrected chi connectivity index (χ2v) is 6.46. The number of hydrogen-bond donors (Lipinski definition) is 1. The monoisotopic (exact) mass is 382 g/mol. The minimum atomic E-state index is -2.60. The standard InChI is InChI=1S/C16H10Cl2NO4P/c17-13-6-5-12(7-14(13)18)15-8-16(23-19-15)11-3-1-10(2-4-11)9-22-24(20)21/h1-8H,9H2/p+1. The van der Waals surface area contributed by atoms with Crippen molar-refractivity contribution in [1.29, 1.82) is 0 Å². The molecule has 0 saturated carbocycles. The topological polar surface area (TPSA) is 72.6 Å². The predicted molar refractivity (Wildman–Crippen MR) is 92.0 cm³/mol. The molecule has 0 bridgehead atoms. The van der Waals surface area contributed by atoms with Crippen molar-refractivity contribution in [3.63, 3.8) is 0 Å². The summed E-state index contributed by atoms with van der Waals surface area (Å²) in [4.78, 5) is 8.64. The van der Waals surface area contributed by atoms with E-state index in [4.69, 9.17) is 32.6 Å². The molecule has 0 aliphatic heterocycles. The van der Waals surface area contributed by atoms with E-state index < -0.39 is 8.25 Å². The van der Waals surface area contributed by atoms with Gasteiger partial charge in [-0.3, -0.25) is 0 Å². The first-order chi connectivity index (χ1) is 11.5. The molecule has 3 aromatic rings. The molecule has 2 aromatic carbocycles. The lowest BCUT2D eigenvalue weighted by Crippen LogP contribution is -1.85. The highest BCUT2D eigenvalue weighted by Gasteiger charge is 2.13. The lowest BCUT2D eigenvalue weighted by Gasteiger charge is -1.98. The van der Waals surface area contributed by atoms with E-state index in [2.05, 4.69) is 9.68 Å². The van der Waals surface area contributed by atoms with Gasteiger partial charge in [-0.05, 0) is 17.7 Å². The van der Waals surface area contributed by atoms with Gasteiger partial charge in [-0.1, -0.05) is 58.7 Å². The Kier molecular flexibility index (Phi) is 5.29. The lowest BCUT2D eigenvalue weighted by atomic mass is 10.1. The van der Waals surface area contributed by atoms with Crippen molar-refractivity contribution >= 4 is 31.5 Å². The van der Waals surface area contributed by atoms with E-state index in [1.54, 1.807) is 30.3 Å². The normalized spacial score (nSPS) is 11.5. The van der Waals surface area contributed by atoms with Gasteiger partial charge in [0.1, 0.15) is 12.3 Å². The van der Waals surface area contributed by atoms with Crippen LogP contribution in [0.1, 0.15) is 5.56 Å².